The number of aromatic amines is 1. The Morgan fingerprint density at radius 1 is 1.90 bits per heavy atom. The molecule has 0 aliphatic heterocycles. The highest BCUT2D eigenvalue weighted by Crippen LogP contribution is 2.13. The minimum Gasteiger partial charge on any atom is -0.324 e. The SMILES string of the molecule is CC(N)c1cn[nH]c1CCl. The van der Waals surface area contributed by atoms with Gasteiger partial charge in [-0.15, -0.1) is 11.6 Å². The number of hydrogen-bond acceptors (Lipinski definition) is 2. The monoisotopic (exact) mass is 159 g/mol. The Bertz CT molecular complexity index is 207. The fraction of sp³-hybridized carbons (Fsp3) is 0.500. The van der Waals surface area contributed by atoms with Crippen molar-refractivity contribution in [1.29, 1.82) is 0 Å². The summed E-state index contributed by atoms with van der Waals surface area (Å²) in [5.74, 6) is 0.441. The van der Waals surface area contributed by atoms with Gasteiger partial charge in [-0.05, 0) is 6.92 Å². The van der Waals surface area contributed by atoms with E-state index in [0.29, 0.717) is 5.88 Å². The molecule has 3 N–H and O–H groups in total. The van der Waals surface area contributed by atoms with E-state index in [0.717, 1.165) is 11.3 Å². The number of H-pyrrole nitrogens is 1. The minimum atomic E-state index is 0.00694. The molecule has 0 radical (unpaired) electrons. The molecule has 0 saturated heterocycles. The first-order valence-electron chi connectivity index (χ1n) is 3.09. The number of alkyl halides is 1. The smallest absolute Gasteiger partial charge is 0.0645 e. The summed E-state index contributed by atoms with van der Waals surface area (Å²) in [6.45, 7) is 1.90. The van der Waals surface area contributed by atoms with Gasteiger partial charge in [-0.1, -0.05) is 0 Å². The quantitative estimate of drug-likeness (QED) is 0.637. The summed E-state index contributed by atoms with van der Waals surface area (Å²) < 4.78 is 0. The molecule has 1 heterocycles. The summed E-state index contributed by atoms with van der Waals surface area (Å²) in [7, 11) is 0. The third kappa shape index (κ3) is 1.30. The van der Waals surface area contributed by atoms with Crippen LogP contribution in [0.2, 0.25) is 0 Å². The second-order valence-electron chi connectivity index (χ2n) is 2.23. The lowest BCUT2D eigenvalue weighted by Gasteiger charge is -2.01. The molecule has 0 spiro atoms. The maximum Gasteiger partial charge on any atom is 0.0645 e. The van der Waals surface area contributed by atoms with Crippen molar-refractivity contribution in [1.82, 2.24) is 10.2 Å². The van der Waals surface area contributed by atoms with Crippen molar-refractivity contribution < 1.29 is 0 Å². The first kappa shape index (κ1) is 7.57. The number of nitrogens with two attached hydrogens (primary N) is 1. The zero-order valence-corrected chi connectivity index (χ0v) is 6.52. The molecule has 0 bridgehead atoms. The van der Waals surface area contributed by atoms with Crippen molar-refractivity contribution in [3.63, 3.8) is 0 Å². The van der Waals surface area contributed by atoms with Gasteiger partial charge in [0.1, 0.15) is 0 Å². The van der Waals surface area contributed by atoms with E-state index in [9.17, 15) is 0 Å². The van der Waals surface area contributed by atoms with Crippen LogP contribution < -0.4 is 5.73 Å². The van der Waals surface area contributed by atoms with Gasteiger partial charge in [0.25, 0.3) is 0 Å². The molecule has 3 nitrogen and oxygen atoms in total. The fourth-order valence-corrected chi connectivity index (χ4v) is 1.04. The Balaban J connectivity index is 2.90. The van der Waals surface area contributed by atoms with Crippen molar-refractivity contribution in [3.8, 4) is 0 Å². The van der Waals surface area contributed by atoms with Crippen LogP contribution in [0.3, 0.4) is 0 Å². The molecule has 1 aromatic heterocycles. The van der Waals surface area contributed by atoms with Crippen LogP contribution in [0.5, 0.6) is 0 Å². The highest BCUT2D eigenvalue weighted by Gasteiger charge is 2.06. The highest BCUT2D eigenvalue weighted by atomic mass is 35.5. The standard InChI is InChI=1S/C6H10ClN3/c1-4(8)5-3-9-10-6(5)2-7/h3-4H,2,8H2,1H3,(H,9,10). The number of hydrogen-bond donors (Lipinski definition) is 2. The van der Waals surface area contributed by atoms with E-state index in [1.165, 1.54) is 0 Å². The van der Waals surface area contributed by atoms with Gasteiger partial charge in [-0.25, -0.2) is 0 Å². The molecule has 0 amide bonds. The first-order valence-corrected chi connectivity index (χ1v) is 3.63. The van der Waals surface area contributed by atoms with Crippen LogP contribution in [0, 0.1) is 0 Å². The molecule has 0 saturated carbocycles. The van der Waals surface area contributed by atoms with E-state index in [1.807, 2.05) is 6.92 Å². The Morgan fingerprint density at radius 2 is 2.60 bits per heavy atom. The maximum absolute atomic E-state index is 5.62. The predicted octanol–water partition coefficient (Wildman–Crippen LogP) is 1.17. The molecular formula is C6H10ClN3. The van der Waals surface area contributed by atoms with Crippen LogP contribution in [-0.2, 0) is 5.88 Å². The Hall–Kier alpha value is -0.540. The molecule has 1 aromatic rings. The van der Waals surface area contributed by atoms with Gasteiger partial charge in [0.05, 0.1) is 17.8 Å². The van der Waals surface area contributed by atoms with Crippen LogP contribution in [-0.4, -0.2) is 10.2 Å². The van der Waals surface area contributed by atoms with Crippen LogP contribution in [0.25, 0.3) is 0 Å². The summed E-state index contributed by atoms with van der Waals surface area (Å²) >= 11 is 5.59. The van der Waals surface area contributed by atoms with Crippen LogP contribution in [0.1, 0.15) is 24.2 Å². The number of aromatic nitrogens is 2. The summed E-state index contributed by atoms with van der Waals surface area (Å²) in [5.41, 5.74) is 7.52. The molecule has 0 aromatic carbocycles. The molecule has 10 heavy (non-hydrogen) atoms. The van der Waals surface area contributed by atoms with Crippen LogP contribution in [0.15, 0.2) is 6.20 Å². The second kappa shape index (κ2) is 3.03. The minimum absolute atomic E-state index is 0.00694. The van der Waals surface area contributed by atoms with E-state index in [-0.39, 0.29) is 6.04 Å². The topological polar surface area (TPSA) is 54.7 Å². The van der Waals surface area contributed by atoms with Gasteiger partial charge in [-0.2, -0.15) is 5.10 Å². The number of halogens is 1. The van der Waals surface area contributed by atoms with Crippen molar-refractivity contribution in [2.75, 3.05) is 0 Å². The number of rotatable bonds is 2. The molecule has 1 rings (SSSR count). The molecule has 1 atom stereocenters. The second-order valence-corrected chi connectivity index (χ2v) is 2.49. The Labute approximate surface area is 64.6 Å². The van der Waals surface area contributed by atoms with Crippen molar-refractivity contribution in [3.05, 3.63) is 17.5 Å². The van der Waals surface area contributed by atoms with Crippen molar-refractivity contribution in [2.45, 2.75) is 18.8 Å². The van der Waals surface area contributed by atoms with E-state index >= 15 is 0 Å². The fourth-order valence-electron chi connectivity index (χ4n) is 0.822. The highest BCUT2D eigenvalue weighted by molar-refractivity contribution is 6.17. The summed E-state index contributed by atoms with van der Waals surface area (Å²) in [5, 5.41) is 6.60. The molecular weight excluding hydrogens is 150 g/mol. The average molecular weight is 160 g/mol. The van der Waals surface area contributed by atoms with Gasteiger partial charge in [-0.3, -0.25) is 5.10 Å². The van der Waals surface area contributed by atoms with Gasteiger partial charge in [0.2, 0.25) is 0 Å². The molecule has 0 aliphatic carbocycles. The van der Waals surface area contributed by atoms with Crippen LogP contribution in [0.4, 0.5) is 0 Å². The predicted molar refractivity (Wildman–Crippen MR) is 40.7 cm³/mol. The van der Waals surface area contributed by atoms with Gasteiger partial charge < -0.3 is 5.73 Å². The molecule has 0 aliphatic rings. The number of nitrogens with zero attached hydrogens (tertiary/aromatic N) is 1. The van der Waals surface area contributed by atoms with Gasteiger partial charge in [0, 0.05) is 11.6 Å². The summed E-state index contributed by atoms with van der Waals surface area (Å²) in [6.07, 6.45) is 1.71. The first-order chi connectivity index (χ1) is 4.75. The lowest BCUT2D eigenvalue weighted by molar-refractivity contribution is 0.808. The lowest BCUT2D eigenvalue weighted by atomic mass is 10.1. The van der Waals surface area contributed by atoms with E-state index in [4.69, 9.17) is 17.3 Å². The van der Waals surface area contributed by atoms with Crippen LogP contribution >= 0.6 is 11.6 Å². The summed E-state index contributed by atoms with van der Waals surface area (Å²) in [6, 6.07) is 0.00694. The lowest BCUT2D eigenvalue weighted by Crippen LogP contribution is -2.05. The number of nitrogens with one attached hydrogen (secondary N) is 1. The molecule has 1 unspecified atom stereocenters. The van der Waals surface area contributed by atoms with Crippen molar-refractivity contribution >= 4 is 11.6 Å². The van der Waals surface area contributed by atoms with Crippen molar-refractivity contribution in [2.24, 2.45) is 5.73 Å². The van der Waals surface area contributed by atoms with Gasteiger partial charge >= 0.3 is 0 Å². The largest absolute Gasteiger partial charge is 0.324 e. The van der Waals surface area contributed by atoms with Gasteiger partial charge in [0.15, 0.2) is 0 Å². The molecule has 4 heteroatoms. The zero-order valence-electron chi connectivity index (χ0n) is 5.76. The molecule has 0 fully saturated rings. The average Bonchev–Trinajstić information content (AvgIpc) is 2.33. The van der Waals surface area contributed by atoms with E-state index in [1.54, 1.807) is 6.20 Å². The third-order valence-corrected chi connectivity index (χ3v) is 1.64. The van der Waals surface area contributed by atoms with E-state index < -0.39 is 0 Å². The van der Waals surface area contributed by atoms with E-state index in [2.05, 4.69) is 10.2 Å². The molecule has 56 valence electrons. The Morgan fingerprint density at radius 3 is 3.00 bits per heavy atom. The zero-order chi connectivity index (χ0) is 7.56. The Kier molecular flexibility index (Phi) is 2.29. The third-order valence-electron chi connectivity index (χ3n) is 1.38. The maximum atomic E-state index is 5.62. The summed E-state index contributed by atoms with van der Waals surface area (Å²) in [4.78, 5) is 0. The normalized spacial score (nSPS) is 13.5.